The fourth-order valence-corrected chi connectivity index (χ4v) is 4.36. The number of thiazole rings is 2. The summed E-state index contributed by atoms with van der Waals surface area (Å²) in [6, 6.07) is 9.50. The van der Waals surface area contributed by atoms with E-state index in [-0.39, 0.29) is 5.91 Å². The summed E-state index contributed by atoms with van der Waals surface area (Å²) in [4.78, 5) is 22.1. The number of aryl methyl sites for hydroxylation is 3. The Morgan fingerprint density at radius 1 is 1.08 bits per heavy atom. The first-order valence-corrected chi connectivity index (χ1v) is 9.36. The average Bonchev–Trinajstić information content (AvgIpc) is 3.24. The Morgan fingerprint density at radius 2 is 1.92 bits per heavy atom. The van der Waals surface area contributed by atoms with Crippen molar-refractivity contribution in [1.29, 1.82) is 0 Å². The van der Waals surface area contributed by atoms with Gasteiger partial charge in [-0.2, -0.15) is 0 Å². The number of anilines is 1. The van der Waals surface area contributed by atoms with E-state index in [9.17, 15) is 4.79 Å². The number of rotatable bonds is 3. The van der Waals surface area contributed by atoms with Gasteiger partial charge in [0.1, 0.15) is 10.6 Å². The highest BCUT2D eigenvalue weighted by atomic mass is 32.1. The number of furan rings is 1. The molecule has 0 unspecified atom stereocenters. The van der Waals surface area contributed by atoms with Crippen LogP contribution in [0, 0.1) is 20.8 Å². The summed E-state index contributed by atoms with van der Waals surface area (Å²) in [6.45, 7) is 5.69. The maximum Gasteiger partial charge on any atom is 0.267 e. The highest BCUT2D eigenvalue weighted by molar-refractivity contribution is 7.18. The number of hydrogen-bond acceptors (Lipinski definition) is 6. The molecule has 4 aromatic rings. The van der Waals surface area contributed by atoms with Gasteiger partial charge in [-0.3, -0.25) is 4.79 Å². The Kier molecular flexibility index (Phi) is 3.89. The topological polar surface area (TPSA) is 68.0 Å². The van der Waals surface area contributed by atoms with E-state index in [4.69, 9.17) is 4.42 Å². The molecule has 0 aliphatic carbocycles. The van der Waals surface area contributed by atoms with Gasteiger partial charge in [-0.05, 0) is 51.1 Å². The normalized spacial score (nSPS) is 11.2. The molecule has 126 valence electrons. The van der Waals surface area contributed by atoms with Crippen LogP contribution < -0.4 is 5.32 Å². The van der Waals surface area contributed by atoms with Crippen molar-refractivity contribution in [3.05, 3.63) is 51.7 Å². The largest absolute Gasteiger partial charge is 0.459 e. The van der Waals surface area contributed by atoms with Gasteiger partial charge in [0.25, 0.3) is 5.91 Å². The molecular weight excluding hydrogens is 354 g/mol. The number of carbonyl (C=O) groups excluding carboxylic acids is 1. The standard InChI is InChI=1S/C18H15N3O2S2/c1-9-4-7-14(23-9)18-19-10(2)16(25-18)17(22)21-12-5-6-13-15(8-12)24-11(3)20-13/h4-8H,1-3H3,(H,21,22). The molecule has 3 aromatic heterocycles. The second-order valence-electron chi connectivity index (χ2n) is 5.71. The molecular formula is C18H15N3O2S2. The van der Waals surface area contributed by atoms with Gasteiger partial charge in [0, 0.05) is 5.69 Å². The Morgan fingerprint density at radius 3 is 2.68 bits per heavy atom. The smallest absolute Gasteiger partial charge is 0.267 e. The lowest BCUT2D eigenvalue weighted by atomic mass is 10.3. The fraction of sp³-hybridized carbons (Fsp3) is 0.167. The van der Waals surface area contributed by atoms with Crippen molar-refractivity contribution in [2.75, 3.05) is 5.32 Å². The van der Waals surface area contributed by atoms with Gasteiger partial charge in [-0.1, -0.05) is 0 Å². The molecule has 0 fully saturated rings. The molecule has 1 amide bonds. The maximum absolute atomic E-state index is 12.6. The summed E-state index contributed by atoms with van der Waals surface area (Å²) in [7, 11) is 0. The number of fused-ring (bicyclic) bond motifs is 1. The molecule has 7 heteroatoms. The molecule has 1 aromatic carbocycles. The van der Waals surface area contributed by atoms with Crippen LogP contribution in [0.4, 0.5) is 5.69 Å². The highest BCUT2D eigenvalue weighted by Gasteiger charge is 2.18. The zero-order valence-electron chi connectivity index (χ0n) is 13.9. The summed E-state index contributed by atoms with van der Waals surface area (Å²) in [6.07, 6.45) is 0. The molecule has 0 saturated carbocycles. The van der Waals surface area contributed by atoms with Gasteiger partial charge in [0.05, 0.1) is 20.9 Å². The van der Waals surface area contributed by atoms with Crippen molar-refractivity contribution in [3.8, 4) is 10.8 Å². The number of aromatic nitrogens is 2. The third kappa shape index (κ3) is 3.08. The molecule has 0 spiro atoms. The maximum atomic E-state index is 12.6. The first kappa shape index (κ1) is 16.0. The van der Waals surface area contributed by atoms with Crippen molar-refractivity contribution >= 4 is 44.5 Å². The van der Waals surface area contributed by atoms with E-state index in [0.717, 1.165) is 26.7 Å². The van der Waals surface area contributed by atoms with E-state index >= 15 is 0 Å². The first-order chi connectivity index (χ1) is 12.0. The van der Waals surface area contributed by atoms with Crippen molar-refractivity contribution < 1.29 is 9.21 Å². The van der Waals surface area contributed by atoms with Gasteiger partial charge in [-0.15, -0.1) is 22.7 Å². The Bertz CT molecular complexity index is 1090. The van der Waals surface area contributed by atoms with Crippen LogP contribution in [0.3, 0.4) is 0 Å². The van der Waals surface area contributed by atoms with E-state index in [1.54, 1.807) is 11.3 Å². The minimum Gasteiger partial charge on any atom is -0.459 e. The van der Waals surface area contributed by atoms with Crippen LogP contribution in [0.2, 0.25) is 0 Å². The number of amides is 1. The molecule has 25 heavy (non-hydrogen) atoms. The summed E-state index contributed by atoms with van der Waals surface area (Å²) in [5.41, 5.74) is 2.40. The van der Waals surface area contributed by atoms with Crippen LogP contribution in [0.5, 0.6) is 0 Å². The summed E-state index contributed by atoms with van der Waals surface area (Å²) < 4.78 is 6.66. The summed E-state index contributed by atoms with van der Waals surface area (Å²) in [5.74, 6) is 1.35. The highest BCUT2D eigenvalue weighted by Crippen LogP contribution is 2.30. The summed E-state index contributed by atoms with van der Waals surface area (Å²) >= 11 is 2.95. The number of carbonyl (C=O) groups is 1. The third-order valence-electron chi connectivity index (χ3n) is 3.71. The minimum atomic E-state index is -0.162. The Labute approximate surface area is 152 Å². The number of nitrogens with one attached hydrogen (secondary N) is 1. The predicted molar refractivity (Wildman–Crippen MR) is 102 cm³/mol. The Hall–Kier alpha value is -2.51. The lowest BCUT2D eigenvalue weighted by Gasteiger charge is -2.03. The van der Waals surface area contributed by atoms with Gasteiger partial charge in [-0.25, -0.2) is 9.97 Å². The molecule has 1 N–H and O–H groups in total. The molecule has 5 nitrogen and oxygen atoms in total. The number of benzene rings is 1. The van der Waals surface area contributed by atoms with Gasteiger partial charge < -0.3 is 9.73 Å². The molecule has 4 rings (SSSR count). The summed E-state index contributed by atoms with van der Waals surface area (Å²) in [5, 5.41) is 4.67. The molecule has 0 saturated heterocycles. The molecule has 0 aliphatic rings. The molecule has 0 aliphatic heterocycles. The molecule has 0 radical (unpaired) electrons. The lowest BCUT2D eigenvalue weighted by molar-refractivity contribution is 0.103. The van der Waals surface area contributed by atoms with Crippen molar-refractivity contribution in [2.45, 2.75) is 20.8 Å². The molecule has 0 bridgehead atoms. The van der Waals surface area contributed by atoms with E-state index in [1.165, 1.54) is 11.3 Å². The Balaban J connectivity index is 1.60. The van der Waals surface area contributed by atoms with Crippen molar-refractivity contribution in [2.24, 2.45) is 0 Å². The van der Waals surface area contributed by atoms with Crippen LogP contribution >= 0.6 is 22.7 Å². The van der Waals surface area contributed by atoms with Gasteiger partial charge in [0.15, 0.2) is 10.8 Å². The quantitative estimate of drug-likeness (QED) is 0.539. The third-order valence-corrected chi connectivity index (χ3v) is 5.81. The number of nitrogens with zero attached hydrogens (tertiary/aromatic N) is 2. The van der Waals surface area contributed by atoms with Crippen LogP contribution in [-0.4, -0.2) is 15.9 Å². The monoisotopic (exact) mass is 369 g/mol. The van der Waals surface area contributed by atoms with Crippen LogP contribution in [0.25, 0.3) is 21.0 Å². The van der Waals surface area contributed by atoms with Crippen LogP contribution in [0.15, 0.2) is 34.7 Å². The minimum absolute atomic E-state index is 0.162. The van der Waals surface area contributed by atoms with E-state index in [0.29, 0.717) is 21.3 Å². The zero-order valence-corrected chi connectivity index (χ0v) is 15.5. The van der Waals surface area contributed by atoms with E-state index < -0.39 is 0 Å². The van der Waals surface area contributed by atoms with Crippen molar-refractivity contribution in [3.63, 3.8) is 0 Å². The van der Waals surface area contributed by atoms with Crippen LogP contribution in [0.1, 0.15) is 26.1 Å². The van der Waals surface area contributed by atoms with Gasteiger partial charge >= 0.3 is 0 Å². The molecule has 3 heterocycles. The SMILES string of the molecule is Cc1ccc(-c2nc(C)c(C(=O)Nc3ccc4nc(C)sc4c3)s2)o1. The second kappa shape index (κ2) is 6.09. The first-order valence-electron chi connectivity index (χ1n) is 7.72. The number of hydrogen-bond donors (Lipinski definition) is 1. The van der Waals surface area contributed by atoms with Crippen molar-refractivity contribution in [1.82, 2.24) is 9.97 Å². The lowest BCUT2D eigenvalue weighted by Crippen LogP contribution is -2.11. The molecule has 0 atom stereocenters. The van der Waals surface area contributed by atoms with E-state index in [1.807, 2.05) is 51.1 Å². The second-order valence-corrected chi connectivity index (χ2v) is 7.95. The average molecular weight is 369 g/mol. The zero-order chi connectivity index (χ0) is 17.6. The van der Waals surface area contributed by atoms with Gasteiger partial charge in [0.2, 0.25) is 0 Å². The van der Waals surface area contributed by atoms with Crippen LogP contribution in [-0.2, 0) is 0 Å². The van der Waals surface area contributed by atoms with E-state index in [2.05, 4.69) is 15.3 Å². The fourth-order valence-electron chi connectivity index (χ4n) is 2.57. The predicted octanol–water partition coefficient (Wildman–Crippen LogP) is 5.19.